The molecule has 1 aliphatic heterocycles. The summed E-state index contributed by atoms with van der Waals surface area (Å²) in [4.78, 5) is 2.57. The Morgan fingerprint density at radius 1 is 0.944 bits per heavy atom. The van der Waals surface area contributed by atoms with Crippen LogP contribution in [0.1, 0.15) is 57.4 Å². The van der Waals surface area contributed by atoms with Crippen LogP contribution in [-0.4, -0.2) is 13.1 Å². The molecule has 0 saturated heterocycles. The average molecular weight is 245 g/mol. The second-order valence-corrected chi connectivity index (χ2v) is 5.49. The van der Waals surface area contributed by atoms with Crippen molar-refractivity contribution in [2.24, 2.45) is 0 Å². The minimum Gasteiger partial charge on any atom is -0.371 e. The van der Waals surface area contributed by atoms with Gasteiger partial charge in [-0.1, -0.05) is 63.6 Å². The van der Waals surface area contributed by atoms with Crippen molar-refractivity contribution in [2.45, 2.75) is 58.3 Å². The summed E-state index contributed by atoms with van der Waals surface area (Å²) in [6.07, 6.45) is 11.1. The predicted molar refractivity (Wildman–Crippen MR) is 80.4 cm³/mol. The molecule has 0 fully saturated rings. The van der Waals surface area contributed by atoms with Crippen LogP contribution < -0.4 is 4.90 Å². The van der Waals surface area contributed by atoms with Crippen molar-refractivity contribution in [3.63, 3.8) is 0 Å². The maximum atomic E-state index is 2.57. The summed E-state index contributed by atoms with van der Waals surface area (Å²) in [6.45, 7) is 4.77. The lowest BCUT2D eigenvalue weighted by Gasteiger charge is -2.19. The van der Waals surface area contributed by atoms with Crippen LogP contribution in [0.3, 0.4) is 0 Å². The molecule has 0 radical (unpaired) electrons. The molecule has 1 aliphatic rings. The van der Waals surface area contributed by atoms with Crippen molar-refractivity contribution in [3.05, 3.63) is 29.8 Å². The van der Waals surface area contributed by atoms with E-state index in [9.17, 15) is 0 Å². The van der Waals surface area contributed by atoms with Crippen molar-refractivity contribution >= 4 is 5.69 Å². The molecule has 0 unspecified atom stereocenters. The Morgan fingerprint density at radius 2 is 1.67 bits per heavy atom. The molecule has 1 heteroatoms. The first-order valence-corrected chi connectivity index (χ1v) is 7.74. The molecule has 1 heterocycles. The van der Waals surface area contributed by atoms with E-state index < -0.39 is 0 Å². The van der Waals surface area contributed by atoms with Gasteiger partial charge in [0.25, 0.3) is 0 Å². The summed E-state index contributed by atoms with van der Waals surface area (Å²) in [5.74, 6) is 0. The number of benzene rings is 1. The van der Waals surface area contributed by atoms with Crippen molar-refractivity contribution < 1.29 is 0 Å². The normalized spacial score (nSPS) is 13.9. The fourth-order valence-corrected chi connectivity index (χ4v) is 2.90. The fourth-order valence-electron chi connectivity index (χ4n) is 2.90. The lowest BCUT2D eigenvalue weighted by atomic mass is 10.1. The number of anilines is 1. The summed E-state index contributed by atoms with van der Waals surface area (Å²) in [7, 11) is 0. The highest BCUT2D eigenvalue weighted by atomic mass is 15.1. The summed E-state index contributed by atoms with van der Waals surface area (Å²) in [5, 5.41) is 0. The average Bonchev–Trinajstić information content (AvgIpc) is 2.81. The second-order valence-electron chi connectivity index (χ2n) is 5.49. The van der Waals surface area contributed by atoms with Crippen LogP contribution in [0, 0.1) is 0 Å². The molecule has 2 rings (SSSR count). The summed E-state index contributed by atoms with van der Waals surface area (Å²) in [5.41, 5.74) is 3.03. The Labute approximate surface area is 112 Å². The third-order valence-electron chi connectivity index (χ3n) is 4.01. The maximum Gasteiger partial charge on any atom is 0.0399 e. The quantitative estimate of drug-likeness (QED) is 0.595. The van der Waals surface area contributed by atoms with Crippen molar-refractivity contribution in [2.75, 3.05) is 18.0 Å². The van der Waals surface area contributed by atoms with E-state index >= 15 is 0 Å². The molecule has 1 aromatic carbocycles. The third-order valence-corrected chi connectivity index (χ3v) is 4.01. The highest BCUT2D eigenvalue weighted by molar-refractivity contribution is 5.57. The van der Waals surface area contributed by atoms with Gasteiger partial charge in [0.1, 0.15) is 0 Å². The first kappa shape index (κ1) is 13.5. The number of hydrogen-bond donors (Lipinski definition) is 0. The van der Waals surface area contributed by atoms with Crippen molar-refractivity contribution in [1.29, 1.82) is 0 Å². The number of nitrogens with zero attached hydrogens (tertiary/aromatic N) is 1. The molecule has 18 heavy (non-hydrogen) atoms. The van der Waals surface area contributed by atoms with Gasteiger partial charge in [-0.05, 0) is 24.5 Å². The zero-order chi connectivity index (χ0) is 12.6. The van der Waals surface area contributed by atoms with Gasteiger partial charge in [0.05, 0.1) is 0 Å². The maximum absolute atomic E-state index is 2.57. The molecule has 0 spiro atoms. The lowest BCUT2D eigenvalue weighted by molar-refractivity contribution is 0.585. The smallest absolute Gasteiger partial charge is 0.0399 e. The van der Waals surface area contributed by atoms with Gasteiger partial charge >= 0.3 is 0 Å². The molecular weight excluding hydrogens is 218 g/mol. The van der Waals surface area contributed by atoms with Gasteiger partial charge in [0, 0.05) is 18.8 Å². The van der Waals surface area contributed by atoms with Crippen LogP contribution in [0.25, 0.3) is 0 Å². The summed E-state index contributed by atoms with van der Waals surface area (Å²) < 4.78 is 0. The summed E-state index contributed by atoms with van der Waals surface area (Å²) in [6, 6.07) is 8.89. The topological polar surface area (TPSA) is 3.24 Å². The van der Waals surface area contributed by atoms with Gasteiger partial charge in [-0.15, -0.1) is 0 Å². The molecule has 1 aromatic rings. The highest BCUT2D eigenvalue weighted by Crippen LogP contribution is 2.27. The van der Waals surface area contributed by atoms with Gasteiger partial charge in [-0.25, -0.2) is 0 Å². The Bertz CT molecular complexity index is 345. The molecule has 0 N–H and O–H groups in total. The largest absolute Gasteiger partial charge is 0.371 e. The Kier molecular flexibility index (Phi) is 5.57. The van der Waals surface area contributed by atoms with Gasteiger partial charge in [-0.2, -0.15) is 0 Å². The molecule has 0 atom stereocenters. The fraction of sp³-hybridized carbons (Fsp3) is 0.647. The monoisotopic (exact) mass is 245 g/mol. The van der Waals surface area contributed by atoms with E-state index in [0.29, 0.717) is 0 Å². The van der Waals surface area contributed by atoms with Crippen LogP contribution in [0.15, 0.2) is 24.3 Å². The predicted octanol–water partition coefficient (Wildman–Crippen LogP) is 4.80. The summed E-state index contributed by atoms with van der Waals surface area (Å²) >= 11 is 0. The van der Waals surface area contributed by atoms with E-state index in [-0.39, 0.29) is 0 Å². The minimum atomic E-state index is 1.23. The first-order valence-electron chi connectivity index (χ1n) is 7.74. The number of unbranched alkanes of at least 4 members (excludes halogenated alkanes) is 6. The van der Waals surface area contributed by atoms with E-state index in [1.165, 1.54) is 70.1 Å². The molecule has 0 aromatic heterocycles. The number of para-hydroxylation sites is 1. The standard InChI is InChI=1S/C17H27N/c1-2-3-4-5-6-7-10-14-18-15-13-16-11-8-9-12-17(16)18/h8-9,11-12H,2-7,10,13-15H2,1H3. The van der Waals surface area contributed by atoms with Gasteiger partial charge in [0.2, 0.25) is 0 Å². The van der Waals surface area contributed by atoms with E-state index in [1.807, 2.05) is 0 Å². The van der Waals surface area contributed by atoms with E-state index in [0.717, 1.165) is 0 Å². The van der Waals surface area contributed by atoms with Gasteiger partial charge in [-0.3, -0.25) is 0 Å². The number of fused-ring (bicyclic) bond motifs is 1. The van der Waals surface area contributed by atoms with Gasteiger partial charge < -0.3 is 4.90 Å². The molecular formula is C17H27N. The number of hydrogen-bond acceptors (Lipinski definition) is 1. The zero-order valence-electron chi connectivity index (χ0n) is 11.8. The Hall–Kier alpha value is -0.980. The van der Waals surface area contributed by atoms with E-state index in [1.54, 1.807) is 5.56 Å². The SMILES string of the molecule is CCCCCCCCCN1CCc2ccccc21. The lowest BCUT2D eigenvalue weighted by Crippen LogP contribution is -2.21. The Balaban J connectivity index is 1.61. The van der Waals surface area contributed by atoms with Crippen LogP contribution in [0.2, 0.25) is 0 Å². The zero-order valence-corrected chi connectivity index (χ0v) is 11.8. The molecule has 1 nitrogen and oxygen atoms in total. The number of rotatable bonds is 8. The van der Waals surface area contributed by atoms with Crippen LogP contribution in [0.5, 0.6) is 0 Å². The molecule has 0 aliphatic carbocycles. The van der Waals surface area contributed by atoms with Crippen molar-refractivity contribution in [3.8, 4) is 0 Å². The van der Waals surface area contributed by atoms with E-state index in [2.05, 4.69) is 36.1 Å². The van der Waals surface area contributed by atoms with Gasteiger partial charge in [0.15, 0.2) is 0 Å². The Morgan fingerprint density at radius 3 is 2.50 bits per heavy atom. The van der Waals surface area contributed by atoms with E-state index in [4.69, 9.17) is 0 Å². The molecule has 0 amide bonds. The second kappa shape index (κ2) is 7.45. The molecule has 0 saturated carbocycles. The van der Waals surface area contributed by atoms with Crippen LogP contribution >= 0.6 is 0 Å². The third kappa shape index (κ3) is 3.76. The first-order chi connectivity index (χ1) is 8.92. The highest BCUT2D eigenvalue weighted by Gasteiger charge is 2.16. The van der Waals surface area contributed by atoms with Crippen LogP contribution in [0.4, 0.5) is 5.69 Å². The van der Waals surface area contributed by atoms with Crippen LogP contribution in [-0.2, 0) is 6.42 Å². The van der Waals surface area contributed by atoms with Crippen molar-refractivity contribution in [1.82, 2.24) is 0 Å². The minimum absolute atomic E-state index is 1.23. The molecule has 0 bridgehead atoms. The molecule has 100 valence electrons.